The van der Waals surface area contributed by atoms with Gasteiger partial charge in [0.25, 0.3) is 5.91 Å². The molecule has 1 aromatic carbocycles. The number of carbonyl (C=O) groups is 1. The van der Waals surface area contributed by atoms with E-state index in [1.807, 2.05) is 18.5 Å². The lowest BCUT2D eigenvalue weighted by Gasteiger charge is -2.03. The van der Waals surface area contributed by atoms with E-state index in [1.165, 1.54) is 22.5 Å². The molecule has 2 heterocycles. The lowest BCUT2D eigenvalue weighted by Crippen LogP contribution is -2.16. The largest absolute Gasteiger partial charge is 0.319 e. The van der Waals surface area contributed by atoms with Crippen molar-refractivity contribution < 1.29 is 4.79 Å². The molecule has 6 heteroatoms. The van der Waals surface area contributed by atoms with E-state index in [1.54, 1.807) is 16.9 Å². The molecule has 0 spiro atoms. The van der Waals surface area contributed by atoms with Crippen LogP contribution >= 0.6 is 11.3 Å². The first-order valence-corrected chi connectivity index (χ1v) is 8.01. The minimum absolute atomic E-state index is 0.254. The molecule has 114 valence electrons. The van der Waals surface area contributed by atoms with E-state index in [4.69, 9.17) is 0 Å². The lowest BCUT2D eigenvalue weighted by atomic mass is 10.1. The minimum atomic E-state index is -0.254. The predicted molar refractivity (Wildman–Crippen MR) is 88.1 cm³/mol. The van der Waals surface area contributed by atoms with Crippen LogP contribution in [0.15, 0.2) is 29.4 Å². The Morgan fingerprint density at radius 1 is 1.32 bits per heavy atom. The summed E-state index contributed by atoms with van der Waals surface area (Å²) in [7, 11) is 1.95. The Kier molecular flexibility index (Phi) is 3.70. The summed E-state index contributed by atoms with van der Waals surface area (Å²) in [5.74, 6) is -0.254. The summed E-state index contributed by atoms with van der Waals surface area (Å²) in [6.45, 7) is 6.80. The number of benzene rings is 1. The molecule has 0 radical (unpaired) electrons. The molecule has 0 aliphatic rings. The summed E-state index contributed by atoms with van der Waals surface area (Å²) < 4.78 is 4.79. The maximum Gasteiger partial charge on any atom is 0.297 e. The zero-order valence-corrected chi connectivity index (χ0v) is 13.9. The summed E-state index contributed by atoms with van der Waals surface area (Å²) in [5.41, 5.74) is 4.12. The quantitative estimate of drug-likeness (QED) is 0.730. The van der Waals surface area contributed by atoms with Crippen LogP contribution in [0, 0.1) is 13.8 Å². The van der Waals surface area contributed by atoms with Gasteiger partial charge < -0.3 is 4.57 Å². The first kappa shape index (κ1) is 14.7. The van der Waals surface area contributed by atoms with E-state index >= 15 is 0 Å². The van der Waals surface area contributed by atoms with Gasteiger partial charge >= 0.3 is 0 Å². The fraction of sp³-hybridized carbons (Fsp3) is 0.312. The van der Waals surface area contributed by atoms with Crippen LogP contribution in [-0.4, -0.2) is 20.3 Å². The van der Waals surface area contributed by atoms with E-state index in [2.05, 4.69) is 36.1 Å². The van der Waals surface area contributed by atoms with E-state index in [9.17, 15) is 4.79 Å². The number of amides is 1. The fourth-order valence-electron chi connectivity index (χ4n) is 2.55. The Labute approximate surface area is 132 Å². The summed E-state index contributed by atoms with van der Waals surface area (Å²) in [6, 6.07) is 5.89. The van der Waals surface area contributed by atoms with Gasteiger partial charge in [-0.1, -0.05) is 17.4 Å². The lowest BCUT2D eigenvalue weighted by molar-refractivity contribution is 0.0988. The number of aromatic nitrogens is 3. The average Bonchev–Trinajstić information content (AvgIpc) is 3.09. The van der Waals surface area contributed by atoms with Crippen molar-refractivity contribution in [3.63, 3.8) is 0 Å². The third kappa shape index (κ3) is 2.29. The molecular formula is C16H18N4OS. The van der Waals surface area contributed by atoms with Gasteiger partial charge in [-0.2, -0.15) is 10.1 Å². The van der Waals surface area contributed by atoms with Crippen molar-refractivity contribution in [2.45, 2.75) is 27.3 Å². The van der Waals surface area contributed by atoms with Gasteiger partial charge in [-0.25, -0.2) is 0 Å². The highest BCUT2D eigenvalue weighted by atomic mass is 32.1. The predicted octanol–water partition coefficient (Wildman–Crippen LogP) is 2.81. The Bertz CT molecular complexity index is 929. The third-order valence-corrected chi connectivity index (χ3v) is 5.02. The summed E-state index contributed by atoms with van der Waals surface area (Å²) in [5, 5.41) is 4.12. The van der Waals surface area contributed by atoms with Gasteiger partial charge in [-0.15, -0.1) is 0 Å². The Hall–Kier alpha value is -2.21. The second-order valence-electron chi connectivity index (χ2n) is 5.25. The maximum absolute atomic E-state index is 12.4. The minimum Gasteiger partial charge on any atom is -0.319 e. The number of hydrogen-bond acceptors (Lipinski definition) is 3. The summed E-state index contributed by atoms with van der Waals surface area (Å²) in [6.07, 6.45) is 1.63. The van der Waals surface area contributed by atoms with E-state index < -0.39 is 0 Å². The maximum atomic E-state index is 12.4. The second-order valence-corrected chi connectivity index (χ2v) is 6.26. The van der Waals surface area contributed by atoms with Crippen molar-refractivity contribution in [3.8, 4) is 0 Å². The van der Waals surface area contributed by atoms with Gasteiger partial charge in [0.05, 0.1) is 10.2 Å². The van der Waals surface area contributed by atoms with Crippen molar-refractivity contribution in [2.24, 2.45) is 12.0 Å². The van der Waals surface area contributed by atoms with Crippen LogP contribution in [0.1, 0.15) is 28.5 Å². The molecule has 0 unspecified atom stereocenters. The number of rotatable bonds is 2. The van der Waals surface area contributed by atoms with E-state index in [0.29, 0.717) is 17.0 Å². The summed E-state index contributed by atoms with van der Waals surface area (Å²) >= 11 is 1.53. The van der Waals surface area contributed by atoms with Crippen LogP contribution in [0.25, 0.3) is 10.2 Å². The van der Waals surface area contributed by atoms with Crippen LogP contribution in [0.3, 0.4) is 0 Å². The van der Waals surface area contributed by atoms with Gasteiger partial charge in [0, 0.05) is 19.8 Å². The first-order chi connectivity index (χ1) is 10.5. The van der Waals surface area contributed by atoms with E-state index in [-0.39, 0.29) is 5.91 Å². The molecule has 0 aliphatic carbocycles. The zero-order chi connectivity index (χ0) is 15.9. The monoisotopic (exact) mass is 314 g/mol. The molecule has 0 saturated carbocycles. The topological polar surface area (TPSA) is 52.2 Å². The second kappa shape index (κ2) is 5.53. The van der Waals surface area contributed by atoms with Crippen LogP contribution in [-0.2, 0) is 13.6 Å². The van der Waals surface area contributed by atoms with Gasteiger partial charge in [-0.3, -0.25) is 9.48 Å². The van der Waals surface area contributed by atoms with Gasteiger partial charge in [0.15, 0.2) is 4.80 Å². The first-order valence-electron chi connectivity index (χ1n) is 7.19. The molecule has 1 amide bonds. The van der Waals surface area contributed by atoms with Crippen molar-refractivity contribution in [3.05, 3.63) is 46.0 Å². The third-order valence-electron chi connectivity index (χ3n) is 3.92. The standard InChI is InChI=1S/C16H18N4OS/c1-5-20-12(8-9-17-20)15(21)18-16-19(4)14-11(3)10(2)6-7-13(14)22-16/h6-9H,5H2,1-4H3. The molecule has 0 bridgehead atoms. The molecule has 0 atom stereocenters. The molecular weight excluding hydrogens is 296 g/mol. The fourth-order valence-corrected chi connectivity index (χ4v) is 3.62. The molecule has 22 heavy (non-hydrogen) atoms. The van der Waals surface area contributed by atoms with Gasteiger partial charge in [-0.05, 0) is 44.0 Å². The Morgan fingerprint density at radius 3 is 2.82 bits per heavy atom. The van der Waals surface area contributed by atoms with Crippen molar-refractivity contribution >= 4 is 27.5 Å². The highest BCUT2D eigenvalue weighted by Gasteiger charge is 2.12. The molecule has 0 saturated heterocycles. The zero-order valence-electron chi connectivity index (χ0n) is 13.1. The number of nitrogens with zero attached hydrogens (tertiary/aromatic N) is 4. The van der Waals surface area contributed by atoms with Crippen molar-refractivity contribution in [2.75, 3.05) is 0 Å². The van der Waals surface area contributed by atoms with Crippen LogP contribution < -0.4 is 4.80 Å². The van der Waals surface area contributed by atoms with E-state index in [0.717, 1.165) is 10.2 Å². The summed E-state index contributed by atoms with van der Waals surface area (Å²) in [4.78, 5) is 17.4. The normalized spacial score (nSPS) is 12.3. The highest BCUT2D eigenvalue weighted by molar-refractivity contribution is 7.16. The molecule has 0 N–H and O–H groups in total. The molecule has 5 nitrogen and oxygen atoms in total. The molecule has 3 aromatic rings. The van der Waals surface area contributed by atoms with Crippen molar-refractivity contribution in [1.29, 1.82) is 0 Å². The Morgan fingerprint density at radius 2 is 2.09 bits per heavy atom. The number of fused-ring (bicyclic) bond motifs is 1. The molecule has 0 aliphatic heterocycles. The number of carbonyl (C=O) groups excluding carboxylic acids is 1. The smallest absolute Gasteiger partial charge is 0.297 e. The average molecular weight is 314 g/mol. The molecule has 2 aromatic heterocycles. The Balaban J connectivity index is 2.16. The van der Waals surface area contributed by atoms with Crippen LogP contribution in [0.2, 0.25) is 0 Å². The highest BCUT2D eigenvalue weighted by Crippen LogP contribution is 2.23. The number of thiazole rings is 1. The number of hydrogen-bond donors (Lipinski definition) is 0. The molecule has 0 fully saturated rings. The van der Waals surface area contributed by atoms with Crippen LogP contribution in [0.4, 0.5) is 0 Å². The van der Waals surface area contributed by atoms with Gasteiger partial charge in [0.1, 0.15) is 5.69 Å². The molecule has 3 rings (SSSR count). The van der Waals surface area contributed by atoms with Crippen LogP contribution in [0.5, 0.6) is 0 Å². The SMILES string of the molecule is CCn1nccc1C(=O)N=c1sc2ccc(C)c(C)c2n1C. The number of aryl methyl sites for hydroxylation is 4. The van der Waals surface area contributed by atoms with Gasteiger partial charge in [0.2, 0.25) is 0 Å². The van der Waals surface area contributed by atoms with Crippen molar-refractivity contribution in [1.82, 2.24) is 14.3 Å².